The van der Waals surface area contributed by atoms with Gasteiger partial charge in [-0.25, -0.2) is 0 Å². The highest BCUT2D eigenvalue weighted by Gasteiger charge is 2.07. The van der Waals surface area contributed by atoms with Crippen LogP contribution in [-0.4, -0.2) is 4.98 Å². The summed E-state index contributed by atoms with van der Waals surface area (Å²) < 4.78 is 0. The van der Waals surface area contributed by atoms with Crippen LogP contribution in [0, 0.1) is 0 Å². The molecule has 1 atom stereocenters. The molecule has 12 heavy (non-hydrogen) atoms. The number of hydrogen-bond acceptors (Lipinski definition) is 3. The van der Waals surface area contributed by atoms with Crippen LogP contribution in [0.15, 0.2) is 18.5 Å². The minimum Gasteiger partial charge on any atom is -0.398 e. The van der Waals surface area contributed by atoms with Gasteiger partial charge in [0, 0.05) is 29.7 Å². The molecular formula is C9H15N3. The fourth-order valence-corrected chi connectivity index (χ4v) is 1.19. The summed E-state index contributed by atoms with van der Waals surface area (Å²) in [7, 11) is 0. The first-order valence-corrected chi connectivity index (χ1v) is 4.20. The van der Waals surface area contributed by atoms with Crippen molar-refractivity contribution in [3.05, 3.63) is 24.0 Å². The van der Waals surface area contributed by atoms with Crippen molar-refractivity contribution in [2.24, 2.45) is 5.73 Å². The normalized spacial score (nSPS) is 12.8. The van der Waals surface area contributed by atoms with Gasteiger partial charge in [0.2, 0.25) is 0 Å². The third-order valence-corrected chi connectivity index (χ3v) is 1.89. The van der Waals surface area contributed by atoms with Gasteiger partial charge in [-0.3, -0.25) is 4.98 Å². The largest absolute Gasteiger partial charge is 0.398 e. The van der Waals surface area contributed by atoms with Crippen LogP contribution in [0.3, 0.4) is 0 Å². The Hall–Kier alpha value is -1.09. The summed E-state index contributed by atoms with van der Waals surface area (Å²) in [4.78, 5) is 3.99. The van der Waals surface area contributed by atoms with E-state index in [0.717, 1.165) is 24.1 Å². The van der Waals surface area contributed by atoms with Crippen molar-refractivity contribution >= 4 is 5.69 Å². The zero-order chi connectivity index (χ0) is 8.97. The van der Waals surface area contributed by atoms with Gasteiger partial charge < -0.3 is 11.5 Å². The van der Waals surface area contributed by atoms with Gasteiger partial charge in [0.25, 0.3) is 0 Å². The number of nitrogens with two attached hydrogens (primary N) is 2. The van der Waals surface area contributed by atoms with Crippen LogP contribution >= 0.6 is 0 Å². The van der Waals surface area contributed by atoms with Crippen LogP contribution < -0.4 is 11.5 Å². The molecule has 0 saturated carbocycles. The Morgan fingerprint density at radius 2 is 2.33 bits per heavy atom. The number of hydrogen-bond donors (Lipinski definition) is 2. The van der Waals surface area contributed by atoms with E-state index in [1.165, 1.54) is 0 Å². The topological polar surface area (TPSA) is 64.9 Å². The Morgan fingerprint density at radius 3 is 2.92 bits per heavy atom. The van der Waals surface area contributed by atoms with Crippen molar-refractivity contribution in [1.82, 2.24) is 4.98 Å². The molecule has 0 fully saturated rings. The highest BCUT2D eigenvalue weighted by Crippen LogP contribution is 2.20. The highest BCUT2D eigenvalue weighted by molar-refractivity contribution is 5.45. The van der Waals surface area contributed by atoms with Gasteiger partial charge in [-0.1, -0.05) is 13.3 Å². The quantitative estimate of drug-likeness (QED) is 0.712. The summed E-state index contributed by atoms with van der Waals surface area (Å²) >= 11 is 0. The molecule has 3 heteroatoms. The van der Waals surface area contributed by atoms with E-state index in [1.807, 2.05) is 0 Å². The molecule has 4 N–H and O–H groups in total. The van der Waals surface area contributed by atoms with E-state index in [4.69, 9.17) is 11.5 Å². The SMILES string of the molecule is CCCC(N)c1cnccc1N. The van der Waals surface area contributed by atoms with Crippen molar-refractivity contribution in [3.63, 3.8) is 0 Å². The maximum absolute atomic E-state index is 5.89. The molecule has 1 heterocycles. The molecule has 0 amide bonds. The van der Waals surface area contributed by atoms with Crippen LogP contribution in [0.4, 0.5) is 5.69 Å². The number of anilines is 1. The summed E-state index contributed by atoms with van der Waals surface area (Å²) in [5.41, 5.74) is 13.3. The maximum Gasteiger partial charge on any atom is 0.0393 e. The average molecular weight is 165 g/mol. The van der Waals surface area contributed by atoms with Gasteiger partial charge in [-0.05, 0) is 12.5 Å². The van der Waals surface area contributed by atoms with Crippen molar-refractivity contribution in [1.29, 1.82) is 0 Å². The first kappa shape index (κ1) is 9.00. The molecule has 1 aromatic rings. The number of rotatable bonds is 3. The van der Waals surface area contributed by atoms with Gasteiger partial charge in [0.05, 0.1) is 0 Å². The zero-order valence-electron chi connectivity index (χ0n) is 7.33. The lowest BCUT2D eigenvalue weighted by Crippen LogP contribution is -2.12. The van der Waals surface area contributed by atoms with Crippen molar-refractivity contribution in [2.45, 2.75) is 25.8 Å². The molecule has 0 aliphatic carbocycles. The first-order valence-electron chi connectivity index (χ1n) is 4.20. The molecule has 0 aromatic carbocycles. The molecular weight excluding hydrogens is 150 g/mol. The Kier molecular flexibility index (Phi) is 3.05. The summed E-state index contributed by atoms with van der Waals surface area (Å²) in [5.74, 6) is 0. The van der Waals surface area contributed by atoms with E-state index in [-0.39, 0.29) is 6.04 Å². The molecule has 1 unspecified atom stereocenters. The van der Waals surface area contributed by atoms with E-state index in [2.05, 4.69) is 11.9 Å². The molecule has 3 nitrogen and oxygen atoms in total. The van der Waals surface area contributed by atoms with Gasteiger partial charge in [0.15, 0.2) is 0 Å². The summed E-state index contributed by atoms with van der Waals surface area (Å²) in [6.07, 6.45) is 5.44. The van der Waals surface area contributed by atoms with Gasteiger partial charge in [-0.2, -0.15) is 0 Å². The zero-order valence-corrected chi connectivity index (χ0v) is 7.33. The van der Waals surface area contributed by atoms with Crippen LogP contribution in [0.1, 0.15) is 31.4 Å². The first-order chi connectivity index (χ1) is 5.75. The average Bonchev–Trinajstić information content (AvgIpc) is 2.05. The molecule has 0 aliphatic rings. The lowest BCUT2D eigenvalue weighted by molar-refractivity contribution is 0.638. The summed E-state index contributed by atoms with van der Waals surface area (Å²) in [5, 5.41) is 0. The van der Waals surface area contributed by atoms with Crippen LogP contribution in [-0.2, 0) is 0 Å². The number of nitrogens with zero attached hydrogens (tertiary/aromatic N) is 1. The Balaban J connectivity index is 2.79. The predicted octanol–water partition coefficient (Wildman–Crippen LogP) is 1.46. The summed E-state index contributed by atoms with van der Waals surface area (Å²) in [6, 6.07) is 1.81. The lowest BCUT2D eigenvalue weighted by Gasteiger charge is -2.11. The standard InChI is InChI=1S/C9H15N3/c1-2-3-8(10)7-6-12-5-4-9(7)11/h4-6,8H,2-3,10H2,1H3,(H2,11,12). The fraction of sp³-hybridized carbons (Fsp3) is 0.444. The molecule has 1 rings (SSSR count). The number of pyridine rings is 1. The van der Waals surface area contributed by atoms with E-state index < -0.39 is 0 Å². The van der Waals surface area contributed by atoms with Gasteiger partial charge in [-0.15, -0.1) is 0 Å². The Bertz CT molecular complexity index is 247. The molecule has 0 saturated heterocycles. The smallest absolute Gasteiger partial charge is 0.0393 e. The van der Waals surface area contributed by atoms with Gasteiger partial charge in [0.1, 0.15) is 0 Å². The second kappa shape index (κ2) is 4.07. The second-order valence-corrected chi connectivity index (χ2v) is 2.90. The maximum atomic E-state index is 5.89. The van der Waals surface area contributed by atoms with Crippen molar-refractivity contribution in [3.8, 4) is 0 Å². The van der Waals surface area contributed by atoms with Crippen molar-refractivity contribution in [2.75, 3.05) is 5.73 Å². The fourth-order valence-electron chi connectivity index (χ4n) is 1.19. The van der Waals surface area contributed by atoms with E-state index in [0.29, 0.717) is 0 Å². The van der Waals surface area contributed by atoms with Crippen LogP contribution in [0.25, 0.3) is 0 Å². The lowest BCUT2D eigenvalue weighted by atomic mass is 10.0. The van der Waals surface area contributed by atoms with Crippen molar-refractivity contribution < 1.29 is 0 Å². The molecule has 0 aliphatic heterocycles. The van der Waals surface area contributed by atoms with E-state index in [1.54, 1.807) is 18.5 Å². The third kappa shape index (κ3) is 1.95. The molecule has 1 aromatic heterocycles. The molecule has 66 valence electrons. The van der Waals surface area contributed by atoms with Crippen LogP contribution in [0.2, 0.25) is 0 Å². The highest BCUT2D eigenvalue weighted by atomic mass is 14.7. The van der Waals surface area contributed by atoms with E-state index >= 15 is 0 Å². The monoisotopic (exact) mass is 165 g/mol. The molecule has 0 radical (unpaired) electrons. The third-order valence-electron chi connectivity index (χ3n) is 1.89. The predicted molar refractivity (Wildman–Crippen MR) is 50.5 cm³/mol. The second-order valence-electron chi connectivity index (χ2n) is 2.90. The molecule has 0 bridgehead atoms. The Morgan fingerprint density at radius 1 is 1.58 bits per heavy atom. The van der Waals surface area contributed by atoms with Crippen LogP contribution in [0.5, 0.6) is 0 Å². The van der Waals surface area contributed by atoms with Gasteiger partial charge >= 0.3 is 0 Å². The van der Waals surface area contributed by atoms with E-state index in [9.17, 15) is 0 Å². The minimum absolute atomic E-state index is 0.0312. The summed E-state index contributed by atoms with van der Waals surface area (Å²) in [6.45, 7) is 2.10. The number of aromatic nitrogens is 1. The minimum atomic E-state index is 0.0312. The Labute approximate surface area is 72.8 Å². The number of nitrogen functional groups attached to an aromatic ring is 1. The molecule has 0 spiro atoms.